The first-order chi connectivity index (χ1) is 13.6. The summed E-state index contributed by atoms with van der Waals surface area (Å²) in [5, 5.41) is 5.58. The Morgan fingerprint density at radius 2 is 1.93 bits per heavy atom. The van der Waals surface area contributed by atoms with Gasteiger partial charge in [0, 0.05) is 22.2 Å². The van der Waals surface area contributed by atoms with Gasteiger partial charge in [0.15, 0.2) is 6.61 Å². The van der Waals surface area contributed by atoms with Crippen molar-refractivity contribution in [1.29, 1.82) is 0 Å². The molecule has 1 saturated carbocycles. The zero-order valence-electron chi connectivity index (χ0n) is 15.5. The molecule has 2 aliphatic carbocycles. The molecule has 0 bridgehead atoms. The molecule has 146 valence electrons. The van der Waals surface area contributed by atoms with Crippen LogP contribution in [0, 0.1) is 0 Å². The van der Waals surface area contributed by atoms with Gasteiger partial charge < -0.3 is 15.4 Å². The fraction of sp³-hybridized carbons (Fsp3) is 0.381. The maximum atomic E-state index is 12.2. The fourth-order valence-corrected chi connectivity index (χ4v) is 4.37. The number of benzene rings is 1. The number of anilines is 1. The van der Waals surface area contributed by atoms with E-state index in [1.807, 2.05) is 6.07 Å². The van der Waals surface area contributed by atoms with E-state index in [0.717, 1.165) is 38.5 Å². The minimum absolute atomic E-state index is 0.147. The Morgan fingerprint density at radius 3 is 2.71 bits per heavy atom. The van der Waals surface area contributed by atoms with E-state index in [9.17, 15) is 14.4 Å². The van der Waals surface area contributed by atoms with E-state index in [2.05, 4.69) is 10.6 Å². The average molecular weight is 398 g/mol. The number of esters is 1. The van der Waals surface area contributed by atoms with Crippen molar-refractivity contribution in [3.63, 3.8) is 0 Å². The lowest BCUT2D eigenvalue weighted by atomic mass is 9.99. The van der Waals surface area contributed by atoms with Crippen molar-refractivity contribution in [1.82, 2.24) is 5.32 Å². The Hall–Kier alpha value is -2.67. The molecule has 0 aliphatic heterocycles. The molecule has 7 heteroatoms. The Balaban J connectivity index is 1.30. The Bertz CT molecular complexity index is 893. The van der Waals surface area contributed by atoms with Crippen molar-refractivity contribution in [2.24, 2.45) is 0 Å². The standard InChI is InChI=1S/C21H22N2O4S/c24-19(12-27-21(26)18-11-13-4-1-2-7-17(13)28-18)22-16-6-3-5-14(10-16)20(25)23-15-8-9-15/h3,5-6,10-11,15H,1-2,4,7-9,12H2,(H,22,24)(H,23,25). The van der Waals surface area contributed by atoms with Crippen molar-refractivity contribution < 1.29 is 19.1 Å². The molecule has 1 fully saturated rings. The second kappa shape index (κ2) is 8.14. The summed E-state index contributed by atoms with van der Waals surface area (Å²) in [7, 11) is 0. The van der Waals surface area contributed by atoms with Crippen LogP contribution in [0.3, 0.4) is 0 Å². The second-order valence-electron chi connectivity index (χ2n) is 7.22. The number of rotatable bonds is 6. The number of carbonyl (C=O) groups is 3. The fourth-order valence-electron chi connectivity index (χ4n) is 3.23. The molecule has 28 heavy (non-hydrogen) atoms. The summed E-state index contributed by atoms with van der Waals surface area (Å²) >= 11 is 1.46. The van der Waals surface area contributed by atoms with Crippen molar-refractivity contribution in [2.75, 3.05) is 11.9 Å². The van der Waals surface area contributed by atoms with Gasteiger partial charge in [-0.05, 0) is 68.4 Å². The molecule has 1 aromatic carbocycles. The first-order valence-electron chi connectivity index (χ1n) is 9.58. The molecule has 2 aromatic rings. The molecule has 0 unspecified atom stereocenters. The minimum Gasteiger partial charge on any atom is -0.451 e. The molecule has 0 saturated heterocycles. The number of fused-ring (bicyclic) bond motifs is 1. The lowest BCUT2D eigenvalue weighted by molar-refractivity contribution is -0.119. The third-order valence-electron chi connectivity index (χ3n) is 4.85. The maximum absolute atomic E-state index is 12.2. The number of aryl methyl sites for hydroxylation is 2. The predicted molar refractivity (Wildman–Crippen MR) is 107 cm³/mol. The molecule has 2 aliphatic rings. The van der Waals surface area contributed by atoms with Crippen LogP contribution in [0.5, 0.6) is 0 Å². The number of amides is 2. The van der Waals surface area contributed by atoms with Gasteiger partial charge in [-0.3, -0.25) is 9.59 Å². The van der Waals surface area contributed by atoms with Crippen molar-refractivity contribution >= 4 is 34.8 Å². The van der Waals surface area contributed by atoms with E-state index in [1.165, 1.54) is 21.8 Å². The molecule has 4 rings (SSSR count). The van der Waals surface area contributed by atoms with Gasteiger partial charge in [0.2, 0.25) is 0 Å². The van der Waals surface area contributed by atoms with Gasteiger partial charge in [-0.15, -0.1) is 11.3 Å². The zero-order valence-corrected chi connectivity index (χ0v) is 16.3. The van der Waals surface area contributed by atoms with Crippen LogP contribution in [0.25, 0.3) is 0 Å². The topological polar surface area (TPSA) is 84.5 Å². The van der Waals surface area contributed by atoms with E-state index < -0.39 is 11.9 Å². The van der Waals surface area contributed by atoms with E-state index >= 15 is 0 Å². The lowest BCUT2D eigenvalue weighted by Gasteiger charge is -2.08. The predicted octanol–water partition coefficient (Wildman–Crippen LogP) is 3.31. The Morgan fingerprint density at radius 1 is 1.11 bits per heavy atom. The van der Waals surface area contributed by atoms with Crippen LogP contribution in [0.1, 0.15) is 56.2 Å². The highest BCUT2D eigenvalue weighted by molar-refractivity contribution is 7.14. The summed E-state index contributed by atoms with van der Waals surface area (Å²) < 4.78 is 5.16. The molecule has 2 N–H and O–H groups in total. The highest BCUT2D eigenvalue weighted by atomic mass is 32.1. The molecular formula is C21H22N2O4S. The first kappa shape index (κ1) is 18.7. The highest BCUT2D eigenvalue weighted by Crippen LogP contribution is 2.30. The molecule has 0 atom stereocenters. The maximum Gasteiger partial charge on any atom is 0.348 e. The molecule has 6 nitrogen and oxygen atoms in total. The molecule has 0 spiro atoms. The molecule has 2 amide bonds. The van der Waals surface area contributed by atoms with E-state index in [-0.39, 0.29) is 18.6 Å². The van der Waals surface area contributed by atoms with Crippen molar-refractivity contribution in [2.45, 2.75) is 44.6 Å². The van der Waals surface area contributed by atoms with E-state index in [4.69, 9.17) is 4.74 Å². The monoisotopic (exact) mass is 398 g/mol. The number of hydrogen-bond donors (Lipinski definition) is 2. The molecule has 1 heterocycles. The van der Waals surface area contributed by atoms with E-state index in [1.54, 1.807) is 24.3 Å². The first-order valence-corrected chi connectivity index (χ1v) is 10.4. The normalized spacial score (nSPS) is 15.4. The van der Waals surface area contributed by atoms with Gasteiger partial charge in [-0.2, -0.15) is 0 Å². The summed E-state index contributed by atoms with van der Waals surface area (Å²) in [6, 6.07) is 8.88. The molecular weight excluding hydrogens is 376 g/mol. The van der Waals surface area contributed by atoms with Crippen molar-refractivity contribution in [3.8, 4) is 0 Å². The van der Waals surface area contributed by atoms with Crippen molar-refractivity contribution in [3.05, 3.63) is 51.2 Å². The largest absolute Gasteiger partial charge is 0.451 e. The Labute approximate surface area is 167 Å². The van der Waals surface area contributed by atoms with Gasteiger partial charge in [0.1, 0.15) is 4.88 Å². The third kappa shape index (κ3) is 4.59. The van der Waals surface area contributed by atoms with Gasteiger partial charge >= 0.3 is 5.97 Å². The summed E-state index contributed by atoms with van der Waals surface area (Å²) in [6.45, 7) is -0.361. The summed E-state index contributed by atoms with van der Waals surface area (Å²) in [4.78, 5) is 38.3. The van der Waals surface area contributed by atoms with Gasteiger partial charge in [-0.25, -0.2) is 4.79 Å². The third-order valence-corrected chi connectivity index (χ3v) is 6.07. The summed E-state index contributed by atoms with van der Waals surface area (Å²) in [5.74, 6) is -1.05. The summed E-state index contributed by atoms with van der Waals surface area (Å²) in [6.07, 6.45) is 6.35. The number of thiophene rings is 1. The quantitative estimate of drug-likeness (QED) is 0.731. The second-order valence-corrected chi connectivity index (χ2v) is 8.36. The number of ether oxygens (including phenoxy) is 1. The van der Waals surface area contributed by atoms with Crippen LogP contribution in [0.4, 0.5) is 5.69 Å². The Kier molecular flexibility index (Phi) is 5.43. The lowest BCUT2D eigenvalue weighted by Crippen LogP contribution is -2.25. The molecule has 0 radical (unpaired) electrons. The van der Waals surface area contributed by atoms with Crippen LogP contribution < -0.4 is 10.6 Å². The van der Waals surface area contributed by atoms with Crippen LogP contribution in [0.2, 0.25) is 0 Å². The number of nitrogens with one attached hydrogen (secondary N) is 2. The van der Waals surface area contributed by atoms with Gasteiger partial charge in [0.05, 0.1) is 0 Å². The average Bonchev–Trinajstić information content (AvgIpc) is 3.40. The van der Waals surface area contributed by atoms with Crippen LogP contribution in [-0.2, 0) is 22.4 Å². The van der Waals surface area contributed by atoms with Crippen LogP contribution >= 0.6 is 11.3 Å². The van der Waals surface area contributed by atoms with Crippen LogP contribution in [-0.4, -0.2) is 30.4 Å². The van der Waals surface area contributed by atoms with Gasteiger partial charge in [0.25, 0.3) is 11.8 Å². The van der Waals surface area contributed by atoms with Crippen LogP contribution in [0.15, 0.2) is 30.3 Å². The zero-order chi connectivity index (χ0) is 19.5. The summed E-state index contributed by atoms with van der Waals surface area (Å²) in [5.41, 5.74) is 2.22. The highest BCUT2D eigenvalue weighted by Gasteiger charge is 2.24. The van der Waals surface area contributed by atoms with E-state index in [0.29, 0.717) is 16.1 Å². The number of carbonyl (C=O) groups excluding carboxylic acids is 3. The minimum atomic E-state index is -0.466. The molecule has 1 aromatic heterocycles. The number of hydrogen-bond acceptors (Lipinski definition) is 5. The SMILES string of the molecule is O=C(COC(=O)c1cc2c(s1)CCCC2)Nc1cccc(C(=O)NC2CC2)c1. The smallest absolute Gasteiger partial charge is 0.348 e. The van der Waals surface area contributed by atoms with Gasteiger partial charge in [-0.1, -0.05) is 6.07 Å².